The molecule has 20 heavy (non-hydrogen) atoms. The monoisotopic (exact) mass is 360 g/mol. The van der Waals surface area contributed by atoms with Gasteiger partial charge in [-0.2, -0.15) is 0 Å². The predicted octanol–water partition coefficient (Wildman–Crippen LogP) is 2.76. The molecule has 1 fully saturated rings. The molecule has 1 aliphatic rings. The van der Waals surface area contributed by atoms with Crippen LogP contribution in [0.1, 0.15) is 38.2 Å². The zero-order valence-corrected chi connectivity index (χ0v) is 14.0. The number of rotatable bonds is 4. The summed E-state index contributed by atoms with van der Waals surface area (Å²) in [4.78, 5) is 0.277. The number of hydrogen-bond acceptors (Lipinski definition) is 3. The number of nitrogens with two attached hydrogens (primary N) is 1. The van der Waals surface area contributed by atoms with Gasteiger partial charge in [-0.25, -0.2) is 13.1 Å². The van der Waals surface area contributed by atoms with Gasteiger partial charge in [-0.15, -0.1) is 0 Å². The molecule has 0 aliphatic heterocycles. The lowest BCUT2D eigenvalue weighted by molar-refractivity contribution is 0.332. The highest BCUT2D eigenvalue weighted by Crippen LogP contribution is 2.27. The van der Waals surface area contributed by atoms with Gasteiger partial charge in [-0.05, 0) is 65.2 Å². The molecule has 0 bridgehead atoms. The molecular formula is C14H21BrN2O2S. The van der Waals surface area contributed by atoms with Crippen molar-refractivity contribution in [1.82, 2.24) is 4.72 Å². The van der Waals surface area contributed by atoms with Crippen molar-refractivity contribution in [3.8, 4) is 0 Å². The van der Waals surface area contributed by atoms with E-state index in [2.05, 4.69) is 27.6 Å². The van der Waals surface area contributed by atoms with Gasteiger partial charge in [-0.3, -0.25) is 0 Å². The van der Waals surface area contributed by atoms with E-state index in [0.29, 0.717) is 16.9 Å². The predicted molar refractivity (Wildman–Crippen MR) is 83.8 cm³/mol. The molecule has 0 atom stereocenters. The van der Waals surface area contributed by atoms with Crippen LogP contribution in [0.3, 0.4) is 0 Å². The molecule has 1 aromatic rings. The summed E-state index contributed by atoms with van der Waals surface area (Å²) in [6, 6.07) is 5.24. The largest absolute Gasteiger partial charge is 0.326 e. The highest BCUT2D eigenvalue weighted by atomic mass is 79.9. The van der Waals surface area contributed by atoms with Gasteiger partial charge >= 0.3 is 0 Å². The Balaban J connectivity index is 2.18. The number of hydrogen-bond donors (Lipinski definition) is 2. The van der Waals surface area contributed by atoms with Crippen molar-refractivity contribution in [2.75, 3.05) is 0 Å². The van der Waals surface area contributed by atoms with Crippen LogP contribution in [0, 0.1) is 5.92 Å². The van der Waals surface area contributed by atoms with Gasteiger partial charge in [-0.1, -0.05) is 13.0 Å². The maximum atomic E-state index is 12.5. The van der Waals surface area contributed by atoms with Crippen LogP contribution in [-0.2, 0) is 16.6 Å². The maximum absolute atomic E-state index is 12.5. The van der Waals surface area contributed by atoms with Crippen LogP contribution in [0.5, 0.6) is 0 Å². The molecule has 1 aromatic carbocycles. The molecule has 0 amide bonds. The van der Waals surface area contributed by atoms with Crippen molar-refractivity contribution in [3.05, 3.63) is 28.2 Å². The smallest absolute Gasteiger partial charge is 0.241 e. The Hall–Kier alpha value is -0.430. The number of benzene rings is 1. The highest BCUT2D eigenvalue weighted by Gasteiger charge is 2.25. The van der Waals surface area contributed by atoms with E-state index in [1.807, 2.05) is 6.07 Å². The van der Waals surface area contributed by atoms with Crippen LogP contribution in [0.2, 0.25) is 0 Å². The zero-order valence-electron chi connectivity index (χ0n) is 11.6. The van der Waals surface area contributed by atoms with Crippen LogP contribution < -0.4 is 10.5 Å². The molecule has 0 aromatic heterocycles. The average Bonchev–Trinajstić information content (AvgIpc) is 2.41. The lowest BCUT2D eigenvalue weighted by atomic mass is 9.88. The molecule has 1 aliphatic carbocycles. The summed E-state index contributed by atoms with van der Waals surface area (Å²) in [5.74, 6) is 0.697. The molecular weight excluding hydrogens is 340 g/mol. The van der Waals surface area contributed by atoms with E-state index < -0.39 is 10.0 Å². The van der Waals surface area contributed by atoms with Crippen LogP contribution in [-0.4, -0.2) is 14.5 Å². The maximum Gasteiger partial charge on any atom is 0.241 e. The molecule has 2 rings (SSSR count). The third kappa shape index (κ3) is 3.81. The number of sulfonamides is 1. The third-order valence-electron chi connectivity index (χ3n) is 3.86. The summed E-state index contributed by atoms with van der Waals surface area (Å²) in [6.45, 7) is 2.54. The first-order valence-corrected chi connectivity index (χ1v) is 9.21. The molecule has 0 saturated heterocycles. The van der Waals surface area contributed by atoms with Crippen molar-refractivity contribution >= 4 is 26.0 Å². The second-order valence-corrected chi connectivity index (χ2v) is 8.08. The molecule has 6 heteroatoms. The minimum absolute atomic E-state index is 0.0460. The Bertz CT molecular complexity index is 567. The molecule has 1 saturated carbocycles. The Morgan fingerprint density at radius 3 is 2.55 bits per heavy atom. The molecule has 4 nitrogen and oxygen atoms in total. The van der Waals surface area contributed by atoms with Crippen LogP contribution >= 0.6 is 15.9 Å². The van der Waals surface area contributed by atoms with Crippen molar-refractivity contribution in [2.45, 2.75) is 50.1 Å². The Kier molecular flexibility index (Phi) is 5.23. The van der Waals surface area contributed by atoms with E-state index in [1.54, 1.807) is 12.1 Å². The summed E-state index contributed by atoms with van der Waals surface area (Å²) in [7, 11) is -3.49. The summed E-state index contributed by atoms with van der Waals surface area (Å²) in [5, 5.41) is 0. The summed E-state index contributed by atoms with van der Waals surface area (Å²) in [6.07, 6.45) is 3.98. The van der Waals surface area contributed by atoms with E-state index >= 15 is 0 Å². The number of halogens is 1. The lowest BCUT2D eigenvalue weighted by Gasteiger charge is -2.26. The quantitative estimate of drug-likeness (QED) is 0.866. The van der Waals surface area contributed by atoms with E-state index in [9.17, 15) is 8.42 Å². The highest BCUT2D eigenvalue weighted by molar-refractivity contribution is 9.10. The third-order valence-corrected chi connectivity index (χ3v) is 6.37. The normalized spacial score (nSPS) is 23.8. The first kappa shape index (κ1) is 15.9. The fraction of sp³-hybridized carbons (Fsp3) is 0.571. The summed E-state index contributed by atoms with van der Waals surface area (Å²) < 4.78 is 28.4. The van der Waals surface area contributed by atoms with Gasteiger partial charge in [0.15, 0.2) is 0 Å². The van der Waals surface area contributed by atoms with Gasteiger partial charge in [0.2, 0.25) is 10.0 Å². The molecule has 0 spiro atoms. The van der Waals surface area contributed by atoms with E-state index in [1.165, 1.54) is 0 Å². The SMILES string of the molecule is CC1CCC(NS(=O)(=O)c2cc(CN)ccc2Br)CC1. The van der Waals surface area contributed by atoms with Crippen molar-refractivity contribution in [3.63, 3.8) is 0 Å². The minimum Gasteiger partial charge on any atom is -0.326 e. The Morgan fingerprint density at radius 1 is 1.30 bits per heavy atom. The first-order valence-electron chi connectivity index (χ1n) is 6.93. The molecule has 112 valence electrons. The van der Waals surface area contributed by atoms with Crippen molar-refractivity contribution < 1.29 is 8.42 Å². The van der Waals surface area contributed by atoms with Crippen molar-refractivity contribution in [1.29, 1.82) is 0 Å². The summed E-state index contributed by atoms with van der Waals surface area (Å²) in [5.41, 5.74) is 6.39. The fourth-order valence-corrected chi connectivity index (χ4v) is 4.86. The van der Waals surface area contributed by atoms with E-state index in [-0.39, 0.29) is 10.9 Å². The first-order chi connectivity index (χ1) is 9.42. The van der Waals surface area contributed by atoms with Crippen LogP contribution in [0.25, 0.3) is 0 Å². The second kappa shape index (κ2) is 6.56. The van der Waals surface area contributed by atoms with E-state index in [4.69, 9.17) is 5.73 Å². The molecule has 0 unspecified atom stereocenters. The van der Waals surface area contributed by atoms with Gasteiger partial charge < -0.3 is 5.73 Å². The zero-order chi connectivity index (χ0) is 14.8. The van der Waals surface area contributed by atoms with Gasteiger partial charge in [0.1, 0.15) is 0 Å². The lowest BCUT2D eigenvalue weighted by Crippen LogP contribution is -2.37. The average molecular weight is 361 g/mol. The van der Waals surface area contributed by atoms with Crippen LogP contribution in [0.15, 0.2) is 27.6 Å². The molecule has 0 radical (unpaired) electrons. The van der Waals surface area contributed by atoms with Crippen LogP contribution in [0.4, 0.5) is 0 Å². The molecule has 0 heterocycles. The molecule has 3 N–H and O–H groups in total. The van der Waals surface area contributed by atoms with Crippen molar-refractivity contribution in [2.24, 2.45) is 11.7 Å². The second-order valence-electron chi connectivity index (χ2n) is 5.55. The topological polar surface area (TPSA) is 72.2 Å². The Labute approximate surface area is 129 Å². The Morgan fingerprint density at radius 2 is 1.95 bits per heavy atom. The van der Waals surface area contributed by atoms with Gasteiger partial charge in [0.25, 0.3) is 0 Å². The number of nitrogens with one attached hydrogen (secondary N) is 1. The minimum atomic E-state index is -3.49. The van der Waals surface area contributed by atoms with Gasteiger partial charge in [0.05, 0.1) is 4.90 Å². The standard InChI is InChI=1S/C14H21BrN2O2S/c1-10-2-5-12(6-3-10)17-20(18,19)14-8-11(9-16)4-7-13(14)15/h4,7-8,10,12,17H,2-3,5-6,9,16H2,1H3. The van der Waals surface area contributed by atoms with E-state index in [0.717, 1.165) is 31.2 Å². The fourth-order valence-electron chi connectivity index (χ4n) is 2.54. The van der Waals surface area contributed by atoms with Gasteiger partial charge in [0, 0.05) is 17.1 Å². The summed E-state index contributed by atoms with van der Waals surface area (Å²) >= 11 is 3.31.